The summed E-state index contributed by atoms with van der Waals surface area (Å²) >= 11 is 0. The molecule has 0 bridgehead atoms. The zero-order chi connectivity index (χ0) is 19.3. The topological polar surface area (TPSA) is 39.3 Å². The largest absolute Gasteiger partial charge is 0.379 e. The minimum atomic E-state index is 0.335. The lowest BCUT2D eigenvalue weighted by molar-refractivity contribution is -0.136. The zero-order valence-corrected chi connectivity index (χ0v) is 17.9. The van der Waals surface area contributed by atoms with E-state index < -0.39 is 0 Å². The quantitative estimate of drug-likeness (QED) is 0.657. The van der Waals surface area contributed by atoms with E-state index in [1.807, 2.05) is 0 Å². The molecule has 6 heteroatoms. The van der Waals surface area contributed by atoms with Gasteiger partial charge in [0.1, 0.15) is 0 Å². The number of hydrogen-bond acceptors (Lipinski definition) is 5. The maximum absolute atomic E-state index is 13.1. The van der Waals surface area contributed by atoms with Crippen LogP contribution in [0.3, 0.4) is 0 Å². The average molecular weight is 393 g/mol. The molecule has 1 aliphatic carbocycles. The van der Waals surface area contributed by atoms with Crippen molar-refractivity contribution in [1.29, 1.82) is 0 Å². The van der Waals surface area contributed by atoms with Crippen LogP contribution in [0.5, 0.6) is 0 Å². The van der Waals surface area contributed by atoms with Crippen molar-refractivity contribution < 1.29 is 9.53 Å². The van der Waals surface area contributed by atoms with E-state index in [0.29, 0.717) is 17.9 Å². The molecule has 0 spiro atoms. The summed E-state index contributed by atoms with van der Waals surface area (Å²) in [6, 6.07) is 1.16. The van der Waals surface area contributed by atoms with Gasteiger partial charge in [-0.1, -0.05) is 0 Å². The molecule has 0 aromatic heterocycles. The molecule has 3 aliphatic heterocycles. The Morgan fingerprint density at radius 2 is 1.75 bits per heavy atom. The molecule has 1 amide bonds. The minimum Gasteiger partial charge on any atom is -0.379 e. The molecule has 0 N–H and O–H groups in total. The lowest BCUT2D eigenvalue weighted by atomic mass is 9.97. The van der Waals surface area contributed by atoms with Gasteiger partial charge < -0.3 is 14.5 Å². The van der Waals surface area contributed by atoms with Crippen LogP contribution >= 0.6 is 0 Å². The predicted octanol–water partition coefficient (Wildman–Crippen LogP) is 1.51. The van der Waals surface area contributed by atoms with Gasteiger partial charge in [-0.05, 0) is 71.6 Å². The van der Waals surface area contributed by atoms with Crippen molar-refractivity contribution in [2.24, 2.45) is 5.92 Å². The highest BCUT2D eigenvalue weighted by Gasteiger charge is 2.38. The SMILES string of the molecule is CN1CCC(N2CCCC(N(CCCN3CCOCC3)C(=O)C3CC3)C2)CC1. The van der Waals surface area contributed by atoms with Crippen LogP contribution in [0.25, 0.3) is 0 Å². The fourth-order valence-electron chi connectivity index (χ4n) is 5.26. The summed E-state index contributed by atoms with van der Waals surface area (Å²) in [5.74, 6) is 0.791. The van der Waals surface area contributed by atoms with Gasteiger partial charge in [-0.2, -0.15) is 0 Å². The molecule has 28 heavy (non-hydrogen) atoms. The Bertz CT molecular complexity index is 499. The Kier molecular flexibility index (Phi) is 7.26. The van der Waals surface area contributed by atoms with E-state index >= 15 is 0 Å². The maximum atomic E-state index is 13.1. The van der Waals surface area contributed by atoms with E-state index in [4.69, 9.17) is 4.74 Å². The Morgan fingerprint density at radius 1 is 1.00 bits per heavy atom. The van der Waals surface area contributed by atoms with Gasteiger partial charge >= 0.3 is 0 Å². The minimum absolute atomic E-state index is 0.335. The Balaban J connectivity index is 1.31. The van der Waals surface area contributed by atoms with Gasteiger partial charge in [-0.15, -0.1) is 0 Å². The van der Waals surface area contributed by atoms with Crippen LogP contribution in [0, 0.1) is 5.92 Å². The highest BCUT2D eigenvalue weighted by Crippen LogP contribution is 2.33. The number of piperidine rings is 2. The molecular formula is C22H40N4O2. The summed E-state index contributed by atoms with van der Waals surface area (Å²) in [5, 5.41) is 0. The summed E-state index contributed by atoms with van der Waals surface area (Å²) < 4.78 is 5.46. The van der Waals surface area contributed by atoms with Crippen molar-refractivity contribution in [3.63, 3.8) is 0 Å². The molecule has 6 nitrogen and oxygen atoms in total. The van der Waals surface area contributed by atoms with Gasteiger partial charge in [-0.3, -0.25) is 14.6 Å². The number of hydrogen-bond donors (Lipinski definition) is 0. The third kappa shape index (κ3) is 5.47. The molecule has 0 radical (unpaired) electrons. The van der Waals surface area contributed by atoms with Gasteiger partial charge in [0.15, 0.2) is 0 Å². The standard InChI is InChI=1S/C22H40N4O2/c1-23-12-7-20(8-13-23)25-10-2-4-21(18-25)26(22(27)19-5-6-19)11-3-9-24-14-16-28-17-15-24/h19-21H,2-18H2,1H3. The number of nitrogens with zero attached hydrogens (tertiary/aromatic N) is 4. The van der Waals surface area contributed by atoms with E-state index in [-0.39, 0.29) is 0 Å². The van der Waals surface area contributed by atoms with Gasteiger partial charge in [-0.25, -0.2) is 0 Å². The van der Waals surface area contributed by atoms with E-state index in [2.05, 4.69) is 26.6 Å². The fraction of sp³-hybridized carbons (Fsp3) is 0.955. The van der Waals surface area contributed by atoms with E-state index in [1.165, 1.54) is 45.3 Å². The Hall–Kier alpha value is -0.690. The number of carbonyl (C=O) groups is 1. The number of rotatable bonds is 7. The first kappa shape index (κ1) is 20.6. The van der Waals surface area contributed by atoms with Crippen molar-refractivity contribution >= 4 is 5.91 Å². The van der Waals surface area contributed by atoms with Crippen LogP contribution in [0.2, 0.25) is 0 Å². The maximum Gasteiger partial charge on any atom is 0.225 e. The van der Waals surface area contributed by atoms with E-state index in [0.717, 1.165) is 71.2 Å². The third-order valence-corrected chi connectivity index (χ3v) is 7.26. The summed E-state index contributed by atoms with van der Waals surface area (Å²) in [6.45, 7) is 10.6. The first-order chi connectivity index (χ1) is 13.7. The highest BCUT2D eigenvalue weighted by molar-refractivity contribution is 5.81. The van der Waals surface area contributed by atoms with Crippen molar-refractivity contribution in [3.8, 4) is 0 Å². The second-order valence-electron chi connectivity index (χ2n) is 9.44. The molecule has 1 unspecified atom stereocenters. The van der Waals surface area contributed by atoms with Crippen molar-refractivity contribution in [2.75, 3.05) is 72.6 Å². The summed E-state index contributed by atoms with van der Waals surface area (Å²) in [4.78, 5) is 23.0. The van der Waals surface area contributed by atoms with E-state index in [9.17, 15) is 4.79 Å². The van der Waals surface area contributed by atoms with Crippen LogP contribution in [0.1, 0.15) is 44.9 Å². The first-order valence-electron chi connectivity index (χ1n) is 11.7. The van der Waals surface area contributed by atoms with Gasteiger partial charge in [0, 0.05) is 50.7 Å². The first-order valence-corrected chi connectivity index (χ1v) is 11.7. The molecule has 0 aromatic rings. The number of ether oxygens (including phenoxy) is 1. The van der Waals surface area contributed by atoms with Crippen molar-refractivity contribution in [3.05, 3.63) is 0 Å². The average Bonchev–Trinajstić information content (AvgIpc) is 3.58. The summed E-state index contributed by atoms with van der Waals surface area (Å²) in [7, 11) is 2.24. The normalized spacial score (nSPS) is 29.1. The lowest BCUT2D eigenvalue weighted by Gasteiger charge is -2.45. The van der Waals surface area contributed by atoms with E-state index in [1.54, 1.807) is 0 Å². The van der Waals surface area contributed by atoms with Crippen molar-refractivity contribution in [2.45, 2.75) is 57.0 Å². The van der Waals surface area contributed by atoms with Gasteiger partial charge in [0.25, 0.3) is 0 Å². The number of amides is 1. The third-order valence-electron chi connectivity index (χ3n) is 7.26. The van der Waals surface area contributed by atoms with Gasteiger partial charge in [0.05, 0.1) is 13.2 Å². The van der Waals surface area contributed by atoms with Crippen molar-refractivity contribution in [1.82, 2.24) is 19.6 Å². The smallest absolute Gasteiger partial charge is 0.225 e. The van der Waals surface area contributed by atoms with Crippen LogP contribution in [0.4, 0.5) is 0 Å². The lowest BCUT2D eigenvalue weighted by Crippen LogP contribution is -2.55. The molecule has 4 fully saturated rings. The fourth-order valence-corrected chi connectivity index (χ4v) is 5.26. The van der Waals surface area contributed by atoms with Crippen LogP contribution in [-0.2, 0) is 9.53 Å². The number of carbonyl (C=O) groups excluding carboxylic acids is 1. The summed E-state index contributed by atoms with van der Waals surface area (Å²) in [6.07, 6.45) is 8.35. The van der Waals surface area contributed by atoms with Gasteiger partial charge in [0.2, 0.25) is 5.91 Å². The van der Waals surface area contributed by atoms with Crippen LogP contribution in [0.15, 0.2) is 0 Å². The predicted molar refractivity (Wildman–Crippen MR) is 111 cm³/mol. The number of morpholine rings is 1. The second-order valence-corrected chi connectivity index (χ2v) is 9.44. The molecule has 3 heterocycles. The molecule has 4 aliphatic rings. The molecule has 4 rings (SSSR count). The summed E-state index contributed by atoms with van der Waals surface area (Å²) in [5.41, 5.74) is 0. The second kappa shape index (κ2) is 9.88. The molecule has 0 aromatic carbocycles. The molecule has 1 atom stereocenters. The highest BCUT2D eigenvalue weighted by atomic mass is 16.5. The van der Waals surface area contributed by atoms with Crippen LogP contribution < -0.4 is 0 Å². The number of likely N-dealkylation sites (tertiary alicyclic amines) is 2. The van der Waals surface area contributed by atoms with Crippen LogP contribution in [-0.4, -0.2) is 110 Å². The molecule has 3 saturated heterocycles. The Labute approximate surface area is 171 Å². The molecule has 160 valence electrons. The Morgan fingerprint density at radius 3 is 2.46 bits per heavy atom. The molecular weight excluding hydrogens is 352 g/mol. The molecule has 1 saturated carbocycles. The monoisotopic (exact) mass is 392 g/mol. The zero-order valence-electron chi connectivity index (χ0n) is 17.9.